The Morgan fingerprint density at radius 2 is 1.67 bits per heavy atom. The fraction of sp³-hybridized carbons (Fsp3) is 1.00. The van der Waals surface area contributed by atoms with Gasteiger partial charge in [0.1, 0.15) is 0 Å². The van der Waals surface area contributed by atoms with Gasteiger partial charge in [0, 0.05) is 6.61 Å². The minimum atomic E-state index is 0.264. The van der Waals surface area contributed by atoms with E-state index in [1.807, 2.05) is 0 Å². The lowest BCUT2D eigenvalue weighted by atomic mass is 10.2. The molecule has 0 atom stereocenters. The van der Waals surface area contributed by atoms with E-state index in [0.717, 1.165) is 25.7 Å². The first-order valence-corrected chi connectivity index (χ1v) is 3.29. The molecule has 0 aromatic carbocycles. The van der Waals surface area contributed by atoms with Gasteiger partial charge >= 0.3 is 0 Å². The highest BCUT2D eigenvalue weighted by atomic mass is 17.1. The van der Waals surface area contributed by atoms with Gasteiger partial charge in [0.05, 0.1) is 6.61 Å². The summed E-state index contributed by atoms with van der Waals surface area (Å²) in [6, 6.07) is 0. The molecule has 3 heteroatoms. The van der Waals surface area contributed by atoms with Crippen molar-refractivity contribution < 1.29 is 15.3 Å². The molecule has 0 aliphatic carbocycles. The van der Waals surface area contributed by atoms with E-state index in [0.29, 0.717) is 6.61 Å². The zero-order valence-corrected chi connectivity index (χ0v) is 5.55. The lowest BCUT2D eigenvalue weighted by Gasteiger charge is -1.95. The topological polar surface area (TPSA) is 49.7 Å². The SMILES string of the molecule is OCCCCCCOO. The summed E-state index contributed by atoms with van der Waals surface area (Å²) >= 11 is 0. The van der Waals surface area contributed by atoms with Gasteiger partial charge in [-0.2, -0.15) is 0 Å². The monoisotopic (exact) mass is 134 g/mol. The number of unbranched alkanes of at least 4 members (excludes halogenated alkanes) is 3. The highest BCUT2D eigenvalue weighted by Crippen LogP contribution is 1.97. The average molecular weight is 134 g/mol. The van der Waals surface area contributed by atoms with Crippen LogP contribution in [0.3, 0.4) is 0 Å². The van der Waals surface area contributed by atoms with Gasteiger partial charge in [-0.25, -0.2) is 4.89 Å². The van der Waals surface area contributed by atoms with Crippen LogP contribution in [0.2, 0.25) is 0 Å². The minimum Gasteiger partial charge on any atom is -0.396 e. The normalized spacial score (nSPS) is 10.0. The molecule has 56 valence electrons. The summed E-state index contributed by atoms with van der Waals surface area (Å²) in [7, 11) is 0. The molecule has 0 unspecified atom stereocenters. The summed E-state index contributed by atoms with van der Waals surface area (Å²) in [5, 5.41) is 16.2. The van der Waals surface area contributed by atoms with Crippen molar-refractivity contribution in [3.63, 3.8) is 0 Å². The lowest BCUT2D eigenvalue weighted by Crippen LogP contribution is -1.89. The van der Waals surface area contributed by atoms with Crippen molar-refractivity contribution in [2.45, 2.75) is 25.7 Å². The highest BCUT2D eigenvalue weighted by Gasteiger charge is 1.87. The van der Waals surface area contributed by atoms with Crippen LogP contribution in [0.4, 0.5) is 0 Å². The minimum absolute atomic E-state index is 0.264. The van der Waals surface area contributed by atoms with E-state index in [4.69, 9.17) is 10.4 Å². The fourth-order valence-corrected chi connectivity index (χ4v) is 0.632. The van der Waals surface area contributed by atoms with E-state index in [1.165, 1.54) is 0 Å². The number of aliphatic hydroxyl groups excluding tert-OH is 1. The zero-order chi connectivity index (χ0) is 6.95. The van der Waals surface area contributed by atoms with Crippen LogP contribution in [-0.4, -0.2) is 23.6 Å². The van der Waals surface area contributed by atoms with Crippen LogP contribution >= 0.6 is 0 Å². The van der Waals surface area contributed by atoms with Gasteiger partial charge in [-0.05, 0) is 12.8 Å². The van der Waals surface area contributed by atoms with Crippen molar-refractivity contribution in [2.75, 3.05) is 13.2 Å². The Bertz CT molecular complexity index is 41.6. The number of aliphatic hydroxyl groups is 1. The molecule has 0 saturated carbocycles. The van der Waals surface area contributed by atoms with Gasteiger partial charge < -0.3 is 5.11 Å². The van der Waals surface area contributed by atoms with Gasteiger partial charge in [0.2, 0.25) is 0 Å². The van der Waals surface area contributed by atoms with Crippen molar-refractivity contribution in [2.24, 2.45) is 0 Å². The van der Waals surface area contributed by atoms with E-state index in [1.54, 1.807) is 0 Å². The van der Waals surface area contributed by atoms with Crippen LogP contribution in [-0.2, 0) is 4.89 Å². The van der Waals surface area contributed by atoms with Crippen molar-refractivity contribution in [1.82, 2.24) is 0 Å². The molecule has 0 heterocycles. The molecule has 0 rings (SSSR count). The van der Waals surface area contributed by atoms with E-state index >= 15 is 0 Å². The van der Waals surface area contributed by atoms with Crippen molar-refractivity contribution >= 4 is 0 Å². The fourth-order valence-electron chi connectivity index (χ4n) is 0.632. The van der Waals surface area contributed by atoms with Crippen LogP contribution in [0.5, 0.6) is 0 Å². The number of hydrogen-bond acceptors (Lipinski definition) is 3. The first-order chi connectivity index (χ1) is 4.41. The molecule has 0 aliphatic rings. The van der Waals surface area contributed by atoms with E-state index < -0.39 is 0 Å². The maximum atomic E-state index is 8.34. The number of rotatable bonds is 6. The number of hydrogen-bond donors (Lipinski definition) is 2. The molecule has 0 fully saturated rings. The van der Waals surface area contributed by atoms with E-state index in [-0.39, 0.29) is 6.61 Å². The third kappa shape index (κ3) is 7.88. The van der Waals surface area contributed by atoms with E-state index in [2.05, 4.69) is 4.89 Å². The molecule has 0 radical (unpaired) electrons. The Morgan fingerprint density at radius 1 is 1.00 bits per heavy atom. The second-order valence-corrected chi connectivity index (χ2v) is 1.97. The second kappa shape index (κ2) is 7.88. The molecule has 0 amide bonds. The average Bonchev–Trinajstić information content (AvgIpc) is 1.89. The Hall–Kier alpha value is -0.120. The molecule has 0 aromatic heterocycles. The molecule has 0 spiro atoms. The van der Waals surface area contributed by atoms with Crippen molar-refractivity contribution in [3.05, 3.63) is 0 Å². The Morgan fingerprint density at radius 3 is 2.22 bits per heavy atom. The maximum Gasteiger partial charge on any atom is 0.0819 e. The Balaban J connectivity index is 2.60. The summed E-state index contributed by atoms with van der Waals surface area (Å²) < 4.78 is 0. The summed E-state index contributed by atoms with van der Waals surface area (Å²) in [4.78, 5) is 3.86. The molecule has 9 heavy (non-hydrogen) atoms. The molecule has 0 aromatic rings. The summed E-state index contributed by atoms with van der Waals surface area (Å²) in [5.74, 6) is 0. The quantitative estimate of drug-likeness (QED) is 0.324. The van der Waals surface area contributed by atoms with Crippen LogP contribution in [0.1, 0.15) is 25.7 Å². The molecular weight excluding hydrogens is 120 g/mol. The first kappa shape index (κ1) is 8.88. The predicted molar refractivity (Wildman–Crippen MR) is 34.1 cm³/mol. The maximum absolute atomic E-state index is 8.34. The van der Waals surface area contributed by atoms with Crippen LogP contribution < -0.4 is 0 Å². The van der Waals surface area contributed by atoms with Gasteiger partial charge in [-0.1, -0.05) is 12.8 Å². The van der Waals surface area contributed by atoms with Gasteiger partial charge in [-0.15, -0.1) is 0 Å². The standard InChI is InChI=1S/C6H14O3/c7-5-3-1-2-4-6-9-8/h7-8H,1-6H2. The van der Waals surface area contributed by atoms with Crippen LogP contribution in [0.15, 0.2) is 0 Å². The first-order valence-electron chi connectivity index (χ1n) is 3.29. The molecule has 0 bridgehead atoms. The van der Waals surface area contributed by atoms with Crippen LogP contribution in [0, 0.1) is 0 Å². The molecule has 2 N–H and O–H groups in total. The van der Waals surface area contributed by atoms with Crippen molar-refractivity contribution in [3.8, 4) is 0 Å². The summed E-state index contributed by atoms with van der Waals surface area (Å²) in [6.07, 6.45) is 3.75. The third-order valence-electron chi connectivity index (χ3n) is 1.14. The van der Waals surface area contributed by atoms with Crippen molar-refractivity contribution in [1.29, 1.82) is 0 Å². The van der Waals surface area contributed by atoms with Gasteiger partial charge in [0.15, 0.2) is 0 Å². The lowest BCUT2D eigenvalue weighted by molar-refractivity contribution is -0.242. The van der Waals surface area contributed by atoms with Gasteiger partial charge in [-0.3, -0.25) is 5.26 Å². The Labute approximate surface area is 55.2 Å². The molecular formula is C6H14O3. The summed E-state index contributed by atoms with van der Waals surface area (Å²) in [6.45, 7) is 0.672. The van der Waals surface area contributed by atoms with E-state index in [9.17, 15) is 0 Å². The highest BCUT2D eigenvalue weighted by molar-refractivity contribution is 4.39. The Kier molecular flexibility index (Phi) is 7.77. The molecule has 3 nitrogen and oxygen atoms in total. The van der Waals surface area contributed by atoms with Gasteiger partial charge in [0.25, 0.3) is 0 Å². The zero-order valence-electron chi connectivity index (χ0n) is 5.55. The molecule has 0 aliphatic heterocycles. The second-order valence-electron chi connectivity index (χ2n) is 1.97. The molecule has 0 saturated heterocycles. The third-order valence-corrected chi connectivity index (χ3v) is 1.14. The smallest absolute Gasteiger partial charge is 0.0819 e. The summed E-state index contributed by atoms with van der Waals surface area (Å²) in [5.41, 5.74) is 0. The largest absolute Gasteiger partial charge is 0.396 e. The predicted octanol–water partition coefficient (Wildman–Crippen LogP) is 1.03. The van der Waals surface area contributed by atoms with Crippen LogP contribution in [0.25, 0.3) is 0 Å².